The summed E-state index contributed by atoms with van der Waals surface area (Å²) in [7, 11) is 0. The molecule has 0 unspecified atom stereocenters. The van der Waals surface area contributed by atoms with E-state index in [4.69, 9.17) is 9.52 Å². The second-order valence-electron chi connectivity index (χ2n) is 8.17. The molecule has 2 N–H and O–H groups in total. The van der Waals surface area contributed by atoms with Crippen LogP contribution in [0.15, 0.2) is 46.9 Å². The highest BCUT2D eigenvalue weighted by Crippen LogP contribution is 2.40. The Morgan fingerprint density at radius 1 is 1.14 bits per heavy atom. The Kier molecular flexibility index (Phi) is 5.07. The number of phenolic OH excluding ortho intramolecular Hbond substituents is 1. The molecule has 3 aromatic rings. The molecule has 0 bridgehead atoms. The van der Waals surface area contributed by atoms with Gasteiger partial charge in [-0.05, 0) is 59.7 Å². The van der Waals surface area contributed by atoms with Gasteiger partial charge in [-0.25, -0.2) is 4.79 Å². The summed E-state index contributed by atoms with van der Waals surface area (Å²) >= 11 is 0. The number of furan rings is 1. The van der Waals surface area contributed by atoms with E-state index >= 15 is 0 Å². The summed E-state index contributed by atoms with van der Waals surface area (Å²) in [5.41, 5.74) is 4.86. The first-order valence-electron chi connectivity index (χ1n) is 9.42. The van der Waals surface area contributed by atoms with Gasteiger partial charge in [0.25, 0.3) is 0 Å². The quantitative estimate of drug-likeness (QED) is 0.534. The molecule has 0 fully saturated rings. The van der Waals surface area contributed by atoms with Crippen molar-refractivity contribution in [3.8, 4) is 16.9 Å². The number of rotatable bonds is 4. The number of aryl methyl sites for hydroxylation is 1. The van der Waals surface area contributed by atoms with Gasteiger partial charge in [0.05, 0.1) is 0 Å². The average Bonchev–Trinajstić information content (AvgIpc) is 3.03. The summed E-state index contributed by atoms with van der Waals surface area (Å²) < 4.78 is 5.78. The van der Waals surface area contributed by atoms with Crippen LogP contribution in [0.25, 0.3) is 27.7 Å². The van der Waals surface area contributed by atoms with Crippen LogP contribution in [0, 0.1) is 0 Å². The molecule has 4 heteroatoms. The fourth-order valence-corrected chi connectivity index (χ4v) is 3.35. The summed E-state index contributed by atoms with van der Waals surface area (Å²) in [4.78, 5) is 10.9. The van der Waals surface area contributed by atoms with Gasteiger partial charge in [-0.3, -0.25) is 0 Å². The van der Waals surface area contributed by atoms with Crippen LogP contribution < -0.4 is 0 Å². The standard InChI is InChI=1S/C24H26O4/c1-6-15-10-18(23(27)19(11-15)24(3,4)5)16-7-8-20-17(12-16)13-21(28-20)14(2)9-22(25)26/h7-13,27H,6H2,1-5H3,(H,25,26)/b14-9-. The third-order valence-electron chi connectivity index (χ3n) is 4.94. The fraction of sp³-hybridized carbons (Fsp3) is 0.292. The minimum absolute atomic E-state index is 0.171. The van der Waals surface area contributed by atoms with Gasteiger partial charge in [0.15, 0.2) is 0 Å². The minimum Gasteiger partial charge on any atom is -0.507 e. The number of benzene rings is 2. The fourth-order valence-electron chi connectivity index (χ4n) is 3.35. The van der Waals surface area contributed by atoms with E-state index in [1.54, 1.807) is 6.92 Å². The van der Waals surface area contributed by atoms with Gasteiger partial charge in [-0.1, -0.05) is 39.8 Å². The molecule has 0 atom stereocenters. The summed E-state index contributed by atoms with van der Waals surface area (Å²) in [5, 5.41) is 20.8. The zero-order chi connectivity index (χ0) is 20.6. The molecule has 1 aromatic heterocycles. The molecule has 4 nitrogen and oxygen atoms in total. The third-order valence-corrected chi connectivity index (χ3v) is 4.94. The summed E-state index contributed by atoms with van der Waals surface area (Å²) in [6.45, 7) is 10.1. The Balaban J connectivity index is 2.15. The van der Waals surface area contributed by atoms with E-state index in [0.29, 0.717) is 22.7 Å². The van der Waals surface area contributed by atoms with Crippen LogP contribution in [0.5, 0.6) is 5.75 Å². The number of carboxylic acids is 1. The van der Waals surface area contributed by atoms with Crippen LogP contribution in [0.2, 0.25) is 0 Å². The Morgan fingerprint density at radius 3 is 2.46 bits per heavy atom. The number of allylic oxidation sites excluding steroid dienone is 1. The Bertz CT molecular complexity index is 1080. The molecule has 2 aromatic carbocycles. The summed E-state index contributed by atoms with van der Waals surface area (Å²) in [5.74, 6) is -0.180. The van der Waals surface area contributed by atoms with Crippen LogP contribution in [-0.4, -0.2) is 16.2 Å². The van der Waals surface area contributed by atoms with E-state index in [0.717, 1.165) is 34.6 Å². The van der Waals surface area contributed by atoms with E-state index < -0.39 is 5.97 Å². The topological polar surface area (TPSA) is 70.7 Å². The van der Waals surface area contributed by atoms with Crippen LogP contribution >= 0.6 is 0 Å². The van der Waals surface area contributed by atoms with Gasteiger partial charge in [0.2, 0.25) is 0 Å². The highest BCUT2D eigenvalue weighted by Gasteiger charge is 2.22. The van der Waals surface area contributed by atoms with Gasteiger partial charge < -0.3 is 14.6 Å². The summed E-state index contributed by atoms with van der Waals surface area (Å²) in [6.07, 6.45) is 2.01. The second kappa shape index (κ2) is 7.19. The molecule has 0 spiro atoms. The van der Waals surface area contributed by atoms with Crippen LogP contribution in [0.1, 0.15) is 51.5 Å². The van der Waals surface area contributed by atoms with Crippen LogP contribution in [0.3, 0.4) is 0 Å². The molecule has 0 saturated heterocycles. The minimum atomic E-state index is -1.00. The predicted molar refractivity (Wildman–Crippen MR) is 113 cm³/mol. The van der Waals surface area contributed by atoms with E-state index in [9.17, 15) is 9.90 Å². The number of hydrogen-bond donors (Lipinski definition) is 2. The largest absolute Gasteiger partial charge is 0.507 e. The van der Waals surface area contributed by atoms with E-state index in [-0.39, 0.29) is 5.41 Å². The number of phenols is 1. The van der Waals surface area contributed by atoms with E-state index in [1.165, 1.54) is 5.56 Å². The monoisotopic (exact) mass is 378 g/mol. The van der Waals surface area contributed by atoms with Gasteiger partial charge >= 0.3 is 5.97 Å². The molecule has 0 aliphatic carbocycles. The number of carboxylic acid groups (broad SMARTS) is 1. The smallest absolute Gasteiger partial charge is 0.328 e. The second-order valence-corrected chi connectivity index (χ2v) is 8.17. The average molecular weight is 378 g/mol. The maximum absolute atomic E-state index is 11.0. The van der Waals surface area contributed by atoms with Gasteiger partial charge in [-0.15, -0.1) is 0 Å². The Morgan fingerprint density at radius 2 is 1.86 bits per heavy atom. The van der Waals surface area contributed by atoms with E-state index in [2.05, 4.69) is 33.8 Å². The first kappa shape index (κ1) is 19.7. The maximum Gasteiger partial charge on any atom is 0.328 e. The van der Waals surface area contributed by atoms with Crippen molar-refractivity contribution in [3.63, 3.8) is 0 Å². The molecule has 3 rings (SSSR count). The molecule has 28 heavy (non-hydrogen) atoms. The molecule has 0 amide bonds. The van der Waals surface area contributed by atoms with Crippen molar-refractivity contribution in [3.05, 3.63) is 59.4 Å². The highest BCUT2D eigenvalue weighted by atomic mass is 16.4. The zero-order valence-electron chi connectivity index (χ0n) is 17.0. The van der Waals surface area contributed by atoms with Gasteiger partial charge in [-0.2, -0.15) is 0 Å². The van der Waals surface area contributed by atoms with Crippen molar-refractivity contribution in [1.29, 1.82) is 0 Å². The van der Waals surface area contributed by atoms with Crippen LogP contribution in [0.4, 0.5) is 0 Å². The molecule has 1 heterocycles. The maximum atomic E-state index is 11.0. The van der Waals surface area contributed by atoms with Crippen molar-refractivity contribution < 1.29 is 19.4 Å². The van der Waals surface area contributed by atoms with Gasteiger partial charge in [0, 0.05) is 22.6 Å². The first-order valence-corrected chi connectivity index (χ1v) is 9.42. The molecular weight excluding hydrogens is 352 g/mol. The van der Waals surface area contributed by atoms with Crippen molar-refractivity contribution in [2.45, 2.75) is 46.5 Å². The lowest BCUT2D eigenvalue weighted by Crippen LogP contribution is -2.12. The molecule has 0 aliphatic rings. The lowest BCUT2D eigenvalue weighted by atomic mass is 9.82. The number of hydrogen-bond acceptors (Lipinski definition) is 3. The van der Waals surface area contributed by atoms with Crippen molar-refractivity contribution in [2.24, 2.45) is 0 Å². The normalized spacial score (nSPS) is 12.5. The number of aliphatic carboxylic acids is 1. The Hall–Kier alpha value is -3.01. The van der Waals surface area contributed by atoms with Crippen molar-refractivity contribution >= 4 is 22.5 Å². The Labute approximate surface area is 165 Å². The molecular formula is C24H26O4. The lowest BCUT2D eigenvalue weighted by Gasteiger charge is -2.23. The zero-order valence-corrected chi connectivity index (χ0v) is 17.0. The number of aromatic hydroxyl groups is 1. The van der Waals surface area contributed by atoms with Crippen molar-refractivity contribution in [2.75, 3.05) is 0 Å². The molecule has 146 valence electrons. The predicted octanol–water partition coefficient (Wildman–Crippen LogP) is 6.15. The highest BCUT2D eigenvalue weighted by molar-refractivity contribution is 5.92. The number of carbonyl (C=O) groups is 1. The molecule has 0 saturated carbocycles. The summed E-state index contributed by atoms with van der Waals surface area (Å²) in [6, 6.07) is 11.7. The SMILES string of the molecule is CCc1cc(-c2ccc3oc(/C(C)=C\C(=O)O)cc3c2)c(O)c(C(C)(C)C)c1. The lowest BCUT2D eigenvalue weighted by molar-refractivity contribution is -0.131. The third kappa shape index (κ3) is 3.81. The molecule has 0 radical (unpaired) electrons. The van der Waals surface area contributed by atoms with Crippen molar-refractivity contribution in [1.82, 2.24) is 0 Å². The number of fused-ring (bicyclic) bond motifs is 1. The first-order chi connectivity index (χ1) is 13.1. The van der Waals surface area contributed by atoms with Crippen LogP contribution in [-0.2, 0) is 16.6 Å². The molecule has 0 aliphatic heterocycles. The van der Waals surface area contributed by atoms with Gasteiger partial charge in [0.1, 0.15) is 17.1 Å². The van der Waals surface area contributed by atoms with E-state index in [1.807, 2.05) is 30.3 Å².